The minimum Gasteiger partial charge on any atom is -1.00 e. The quantitative estimate of drug-likeness (QED) is 0.578. The number of hydrogen-bond acceptors (Lipinski definition) is 2. The fraction of sp³-hybridized carbons (Fsp3) is 0.538. The smallest absolute Gasteiger partial charge is 1.00 e. The van der Waals surface area contributed by atoms with Gasteiger partial charge in [0.05, 0.1) is 0 Å². The maximum atomic E-state index is 4.94. The topological polar surface area (TPSA) is 46.7 Å². The van der Waals surface area contributed by atoms with Gasteiger partial charge in [-0.1, -0.05) is 47.5 Å². The number of halogens is 2. The largest absolute Gasteiger partial charge is 4.00 e. The summed E-state index contributed by atoms with van der Waals surface area (Å²) < 4.78 is 9.89. The zero-order valence-electron chi connectivity index (χ0n) is 21.1. The molecule has 2 aromatic carbocycles. The minimum atomic E-state index is 0. The van der Waals surface area contributed by atoms with Crippen LogP contribution in [0, 0.1) is 27.7 Å². The third kappa shape index (κ3) is 15.3. The SMILES string of the molecule is C1CCOC1.C1CCOC1.C[N-]c1cccc(C)c1C.C[N-]c1cccc(C)c1C.[F-].[F-].[Zr+4]. The first kappa shape index (κ1) is 36.3. The number of aryl methyl sites for hydroxylation is 2. The van der Waals surface area contributed by atoms with Crippen LogP contribution in [0.3, 0.4) is 0 Å². The second-order valence-corrected chi connectivity index (χ2v) is 7.52. The van der Waals surface area contributed by atoms with Crippen LogP contribution in [0.1, 0.15) is 47.9 Å². The average molecular weight is 542 g/mol. The first-order valence-electron chi connectivity index (χ1n) is 11.0. The molecule has 0 unspecified atom stereocenters. The molecule has 0 N–H and O–H groups in total. The summed E-state index contributed by atoms with van der Waals surface area (Å²) in [6, 6.07) is 12.3. The van der Waals surface area contributed by atoms with Gasteiger partial charge in [-0.15, -0.1) is 25.5 Å². The van der Waals surface area contributed by atoms with E-state index in [1.54, 1.807) is 0 Å². The Labute approximate surface area is 219 Å². The van der Waals surface area contributed by atoms with E-state index in [0.717, 1.165) is 37.8 Å². The van der Waals surface area contributed by atoms with Crippen molar-refractivity contribution in [3.05, 3.63) is 69.3 Å². The second kappa shape index (κ2) is 22.5. The Morgan fingerprint density at radius 2 is 0.879 bits per heavy atom. The third-order valence-electron chi connectivity index (χ3n) is 5.29. The van der Waals surface area contributed by atoms with Gasteiger partial charge in [0, 0.05) is 26.4 Å². The van der Waals surface area contributed by atoms with Gasteiger partial charge < -0.3 is 29.5 Å². The minimum absolute atomic E-state index is 0. The predicted octanol–water partition coefficient (Wildman–Crippen LogP) is 1.48. The van der Waals surface area contributed by atoms with Crippen molar-refractivity contribution in [2.45, 2.75) is 53.4 Å². The van der Waals surface area contributed by atoms with Gasteiger partial charge in [0.25, 0.3) is 0 Å². The van der Waals surface area contributed by atoms with E-state index in [2.05, 4.69) is 50.5 Å². The van der Waals surface area contributed by atoms with Crippen molar-refractivity contribution in [1.82, 2.24) is 0 Å². The summed E-state index contributed by atoms with van der Waals surface area (Å²) >= 11 is 0. The van der Waals surface area contributed by atoms with E-state index in [-0.39, 0.29) is 35.6 Å². The van der Waals surface area contributed by atoms with Crippen molar-refractivity contribution in [3.63, 3.8) is 0 Å². The van der Waals surface area contributed by atoms with Gasteiger partial charge in [-0.05, 0) is 64.5 Å². The van der Waals surface area contributed by atoms with Crippen LogP contribution in [0.4, 0.5) is 11.4 Å². The third-order valence-corrected chi connectivity index (χ3v) is 5.29. The monoisotopic (exact) mass is 540 g/mol. The molecule has 2 aromatic rings. The van der Waals surface area contributed by atoms with Crippen LogP contribution in [0.15, 0.2) is 36.4 Å². The first-order chi connectivity index (χ1) is 14.5. The van der Waals surface area contributed by atoms with Gasteiger partial charge in [0.15, 0.2) is 0 Å². The molecule has 2 heterocycles. The Hall–Kier alpha value is -1.30. The summed E-state index contributed by atoms with van der Waals surface area (Å²) in [7, 11) is 3.64. The molecule has 0 aliphatic carbocycles. The van der Waals surface area contributed by atoms with E-state index in [0.29, 0.717) is 0 Å². The molecule has 0 spiro atoms. The number of ether oxygens (including phenoxy) is 2. The Kier molecular flexibility index (Phi) is 24.7. The van der Waals surface area contributed by atoms with Crippen LogP contribution in [0.5, 0.6) is 0 Å². The zero-order valence-corrected chi connectivity index (χ0v) is 23.5. The molecule has 7 heteroatoms. The first-order valence-corrected chi connectivity index (χ1v) is 11.0. The molecule has 2 fully saturated rings. The zero-order chi connectivity index (χ0) is 22.2. The summed E-state index contributed by atoms with van der Waals surface area (Å²) in [6.45, 7) is 12.4. The Morgan fingerprint density at radius 3 is 1.06 bits per heavy atom. The summed E-state index contributed by atoms with van der Waals surface area (Å²) in [5.41, 5.74) is 7.38. The molecule has 0 amide bonds. The molecule has 2 saturated heterocycles. The number of benzene rings is 2. The van der Waals surface area contributed by atoms with E-state index in [4.69, 9.17) is 9.47 Å². The van der Waals surface area contributed by atoms with E-state index < -0.39 is 0 Å². The molecule has 0 bridgehead atoms. The molecule has 4 rings (SSSR count). The second-order valence-electron chi connectivity index (χ2n) is 7.52. The van der Waals surface area contributed by atoms with Gasteiger partial charge in [0.2, 0.25) is 0 Å². The van der Waals surface area contributed by atoms with Crippen molar-refractivity contribution in [2.24, 2.45) is 0 Å². The van der Waals surface area contributed by atoms with Crippen molar-refractivity contribution in [3.8, 4) is 0 Å². The van der Waals surface area contributed by atoms with Crippen LogP contribution in [0.2, 0.25) is 0 Å². The van der Waals surface area contributed by atoms with Crippen LogP contribution < -0.4 is 9.41 Å². The number of hydrogen-bond donors (Lipinski definition) is 0. The van der Waals surface area contributed by atoms with Crippen LogP contribution in [-0.4, -0.2) is 40.5 Å². The molecule has 2 aliphatic heterocycles. The van der Waals surface area contributed by atoms with Gasteiger partial charge in [-0.3, -0.25) is 0 Å². The summed E-state index contributed by atoms with van der Waals surface area (Å²) in [6.07, 6.45) is 5.11. The van der Waals surface area contributed by atoms with Crippen molar-refractivity contribution < 1.29 is 45.1 Å². The molecule has 184 valence electrons. The summed E-state index contributed by atoms with van der Waals surface area (Å²) in [5.74, 6) is 0. The van der Waals surface area contributed by atoms with Crippen LogP contribution in [-0.2, 0) is 35.7 Å². The molecule has 0 atom stereocenters. The van der Waals surface area contributed by atoms with E-state index in [9.17, 15) is 0 Å². The molecule has 33 heavy (non-hydrogen) atoms. The van der Waals surface area contributed by atoms with E-state index >= 15 is 0 Å². The molecule has 0 saturated carbocycles. The molecule has 0 radical (unpaired) electrons. The summed E-state index contributed by atoms with van der Waals surface area (Å²) in [4.78, 5) is 0. The molecular weight excluding hydrogens is 502 g/mol. The van der Waals surface area contributed by atoms with Crippen LogP contribution >= 0.6 is 0 Å². The maximum Gasteiger partial charge on any atom is 4.00 e. The van der Waals surface area contributed by atoms with Crippen molar-refractivity contribution in [1.29, 1.82) is 0 Å². The maximum absolute atomic E-state index is 4.94. The Morgan fingerprint density at radius 1 is 0.576 bits per heavy atom. The van der Waals surface area contributed by atoms with E-state index in [1.807, 2.05) is 38.4 Å². The standard InChI is InChI=1S/2C9H12N.2C4H8O.2FH.Zr/c2*1-7-5-4-6-9(10-3)8(7)2;2*1-2-4-5-3-1;;;/h2*4-6H,1-3H3;2*1-4H2;2*1H;/q2*-1;;;;;+4/p-2. The normalized spacial score (nSPS) is 13.0. The van der Waals surface area contributed by atoms with Gasteiger partial charge >= 0.3 is 26.2 Å². The van der Waals surface area contributed by atoms with Gasteiger partial charge in [0.1, 0.15) is 0 Å². The molecule has 4 nitrogen and oxygen atoms in total. The summed E-state index contributed by atoms with van der Waals surface area (Å²) in [5, 5.41) is 8.26. The van der Waals surface area contributed by atoms with Crippen LogP contribution in [0.25, 0.3) is 10.6 Å². The fourth-order valence-corrected chi connectivity index (χ4v) is 2.98. The van der Waals surface area contributed by atoms with Gasteiger partial charge in [-0.25, -0.2) is 0 Å². The molecular formula is C26H40F2N2O2Zr. The van der Waals surface area contributed by atoms with Gasteiger partial charge in [-0.2, -0.15) is 0 Å². The Balaban J connectivity index is -0.000000368. The molecule has 2 aliphatic rings. The van der Waals surface area contributed by atoms with Crippen molar-refractivity contribution in [2.75, 3.05) is 40.5 Å². The predicted molar refractivity (Wildman–Crippen MR) is 130 cm³/mol. The fourth-order valence-electron chi connectivity index (χ4n) is 2.98. The number of nitrogens with zero attached hydrogens (tertiary/aromatic N) is 2. The van der Waals surface area contributed by atoms with E-state index in [1.165, 1.54) is 47.9 Å². The van der Waals surface area contributed by atoms with Crippen molar-refractivity contribution >= 4 is 11.4 Å². The number of rotatable bonds is 2. The average Bonchev–Trinajstić information content (AvgIpc) is 3.52. The molecule has 0 aromatic heterocycles. The Bertz CT molecular complexity index is 649.